The molecule has 29 heavy (non-hydrogen) atoms. The van der Waals surface area contributed by atoms with Crippen molar-refractivity contribution in [2.75, 3.05) is 26.8 Å². The fourth-order valence-corrected chi connectivity index (χ4v) is 4.44. The molecule has 1 amide bonds. The molecule has 2 aliphatic rings. The summed E-state index contributed by atoms with van der Waals surface area (Å²) in [6, 6.07) is 10.2. The zero-order chi connectivity index (χ0) is 20.4. The molecule has 1 N–H and O–H groups in total. The third-order valence-corrected chi connectivity index (χ3v) is 5.96. The van der Waals surface area contributed by atoms with Gasteiger partial charge in [-0.1, -0.05) is 6.07 Å². The summed E-state index contributed by atoms with van der Waals surface area (Å²) >= 11 is 0. The first-order chi connectivity index (χ1) is 14.1. The highest BCUT2D eigenvalue weighted by Crippen LogP contribution is 2.39. The van der Waals surface area contributed by atoms with Crippen LogP contribution in [0.3, 0.4) is 0 Å². The van der Waals surface area contributed by atoms with Crippen molar-refractivity contribution in [3.63, 3.8) is 0 Å². The van der Waals surface area contributed by atoms with E-state index in [-0.39, 0.29) is 11.9 Å². The van der Waals surface area contributed by atoms with Crippen LogP contribution in [0.4, 0.5) is 0 Å². The Kier molecular flexibility index (Phi) is 5.46. The monoisotopic (exact) mass is 395 g/mol. The van der Waals surface area contributed by atoms with Crippen molar-refractivity contribution in [3.05, 3.63) is 42.2 Å². The molecule has 6 nitrogen and oxygen atoms in total. The summed E-state index contributed by atoms with van der Waals surface area (Å²) in [7, 11) is 1.88. The van der Waals surface area contributed by atoms with Crippen LogP contribution in [-0.2, 0) is 4.79 Å². The zero-order valence-corrected chi connectivity index (χ0v) is 17.4. The van der Waals surface area contributed by atoms with E-state index >= 15 is 0 Å². The Morgan fingerprint density at radius 3 is 2.59 bits per heavy atom. The van der Waals surface area contributed by atoms with Gasteiger partial charge in [0.2, 0.25) is 5.91 Å². The van der Waals surface area contributed by atoms with Gasteiger partial charge in [-0.05, 0) is 68.5 Å². The molecule has 4 rings (SSSR count). The number of hydrogen-bond donors (Lipinski definition) is 1. The van der Waals surface area contributed by atoms with Gasteiger partial charge < -0.3 is 14.4 Å². The maximum absolute atomic E-state index is 12.6. The molecule has 2 atom stereocenters. The lowest BCUT2D eigenvalue weighted by Crippen LogP contribution is -2.47. The molecule has 2 fully saturated rings. The highest BCUT2D eigenvalue weighted by molar-refractivity contribution is 5.88. The molecule has 3 heterocycles. The van der Waals surface area contributed by atoms with Crippen LogP contribution in [-0.4, -0.2) is 48.1 Å². The number of aromatic nitrogens is 1. The second kappa shape index (κ2) is 8.03. The molecule has 0 bridgehead atoms. The predicted molar refractivity (Wildman–Crippen MR) is 112 cm³/mol. The lowest BCUT2D eigenvalue weighted by Gasteiger charge is -2.23. The number of pyridine rings is 1. The summed E-state index contributed by atoms with van der Waals surface area (Å²) in [6.07, 6.45) is 4.50. The van der Waals surface area contributed by atoms with E-state index in [9.17, 15) is 4.79 Å². The highest BCUT2D eigenvalue weighted by Gasteiger charge is 2.50. The number of hydrogen-bond acceptors (Lipinski definition) is 5. The highest BCUT2D eigenvalue weighted by atomic mass is 16.5. The summed E-state index contributed by atoms with van der Waals surface area (Å²) in [6.45, 7) is 5.94. The molecule has 2 saturated heterocycles. The van der Waals surface area contributed by atoms with Crippen molar-refractivity contribution in [2.24, 2.45) is 0 Å². The number of benzene rings is 1. The topological polar surface area (TPSA) is 63.7 Å². The molecule has 0 saturated carbocycles. The van der Waals surface area contributed by atoms with Crippen molar-refractivity contribution in [1.82, 2.24) is 15.2 Å². The number of carbonyl (C=O) groups excluding carboxylic acids is 1. The predicted octanol–water partition coefficient (Wildman–Crippen LogP) is 3.57. The minimum Gasteiger partial charge on any atom is -0.490 e. The van der Waals surface area contributed by atoms with Gasteiger partial charge in [-0.2, -0.15) is 0 Å². The van der Waals surface area contributed by atoms with Crippen LogP contribution < -0.4 is 14.8 Å². The number of nitrogens with zero attached hydrogens (tertiary/aromatic N) is 2. The summed E-state index contributed by atoms with van der Waals surface area (Å²) in [5.74, 6) is 1.72. The zero-order valence-electron chi connectivity index (χ0n) is 17.4. The van der Waals surface area contributed by atoms with Crippen molar-refractivity contribution < 1.29 is 14.3 Å². The van der Waals surface area contributed by atoms with Crippen molar-refractivity contribution in [1.29, 1.82) is 0 Å². The Balaban J connectivity index is 1.58. The van der Waals surface area contributed by atoms with Crippen LogP contribution in [0, 0.1) is 0 Å². The lowest BCUT2D eigenvalue weighted by atomic mass is 9.96. The first kappa shape index (κ1) is 19.7. The molecule has 6 heteroatoms. The van der Waals surface area contributed by atoms with Crippen LogP contribution in [0.15, 0.2) is 36.5 Å². The number of likely N-dealkylation sites (N-methyl/N-ethyl adjacent to an activating group) is 1. The number of amides is 1. The van der Waals surface area contributed by atoms with Crippen LogP contribution >= 0.6 is 0 Å². The smallest absolute Gasteiger partial charge is 0.242 e. The molecular formula is C23H29N3O3. The largest absolute Gasteiger partial charge is 0.490 e. The number of likely N-dealkylation sites (tertiary alicyclic amines) is 1. The van der Waals surface area contributed by atoms with E-state index < -0.39 is 5.54 Å². The van der Waals surface area contributed by atoms with Crippen molar-refractivity contribution >= 4 is 5.91 Å². The van der Waals surface area contributed by atoms with Gasteiger partial charge in [-0.25, -0.2) is 0 Å². The van der Waals surface area contributed by atoms with Gasteiger partial charge in [-0.3, -0.25) is 15.1 Å². The molecule has 1 aromatic carbocycles. The van der Waals surface area contributed by atoms with E-state index in [1.165, 1.54) is 0 Å². The van der Waals surface area contributed by atoms with Gasteiger partial charge in [0, 0.05) is 19.8 Å². The second-order valence-electron chi connectivity index (χ2n) is 7.79. The van der Waals surface area contributed by atoms with E-state index in [1.54, 1.807) is 0 Å². The summed E-state index contributed by atoms with van der Waals surface area (Å²) in [4.78, 5) is 19.0. The summed E-state index contributed by atoms with van der Waals surface area (Å²) in [5.41, 5.74) is 2.72. The second-order valence-corrected chi connectivity index (χ2v) is 7.79. The lowest BCUT2D eigenvalue weighted by molar-refractivity contribution is -0.131. The van der Waals surface area contributed by atoms with Gasteiger partial charge in [0.25, 0.3) is 0 Å². The van der Waals surface area contributed by atoms with Crippen molar-refractivity contribution in [2.45, 2.75) is 44.7 Å². The molecule has 154 valence electrons. The van der Waals surface area contributed by atoms with Crippen LogP contribution in [0.1, 0.15) is 44.8 Å². The third kappa shape index (κ3) is 3.69. The minimum absolute atomic E-state index is 0.0967. The summed E-state index contributed by atoms with van der Waals surface area (Å²) in [5, 5.41) is 3.60. The Morgan fingerprint density at radius 2 is 1.86 bits per heavy atom. The number of ether oxygens (including phenoxy) is 2. The first-order valence-electron chi connectivity index (χ1n) is 10.5. The Morgan fingerprint density at radius 1 is 1.10 bits per heavy atom. The molecule has 2 aromatic rings. The van der Waals surface area contributed by atoms with Gasteiger partial charge in [0.1, 0.15) is 5.54 Å². The van der Waals surface area contributed by atoms with Gasteiger partial charge in [-0.15, -0.1) is 0 Å². The first-order valence-corrected chi connectivity index (χ1v) is 10.5. The summed E-state index contributed by atoms with van der Waals surface area (Å²) < 4.78 is 11.4. The third-order valence-electron chi connectivity index (χ3n) is 5.96. The average Bonchev–Trinajstić information content (AvgIpc) is 3.30. The van der Waals surface area contributed by atoms with Crippen LogP contribution in [0.2, 0.25) is 0 Å². The standard InChI is InChI=1S/C23H29N3O3/c1-4-28-20-7-6-16(15-21(20)29-5-2)17-9-12-24-19(14-17)18-8-10-23(25-18)11-13-26(3)22(23)27/h6-7,9,12,14-15,18,25H,4-5,8,10-11,13H2,1-3H3/t18-,23+/m1/s1. The molecule has 1 aromatic heterocycles. The Hall–Kier alpha value is -2.60. The maximum Gasteiger partial charge on any atom is 0.242 e. The Labute approximate surface area is 172 Å². The van der Waals surface area contributed by atoms with Crippen molar-refractivity contribution in [3.8, 4) is 22.6 Å². The van der Waals surface area contributed by atoms with E-state index in [1.807, 2.05) is 56.3 Å². The Bertz CT molecular complexity index is 901. The van der Waals surface area contributed by atoms with Crippen LogP contribution in [0.25, 0.3) is 11.1 Å². The van der Waals surface area contributed by atoms with E-state index in [2.05, 4.69) is 16.4 Å². The maximum atomic E-state index is 12.6. The normalized spacial score (nSPS) is 23.8. The van der Waals surface area contributed by atoms with Crippen LogP contribution in [0.5, 0.6) is 11.5 Å². The van der Waals surface area contributed by atoms with Gasteiger partial charge >= 0.3 is 0 Å². The fraction of sp³-hybridized carbons (Fsp3) is 0.478. The number of rotatable bonds is 6. The van der Waals surface area contributed by atoms with Gasteiger partial charge in [0.15, 0.2) is 11.5 Å². The average molecular weight is 396 g/mol. The fourth-order valence-electron chi connectivity index (χ4n) is 4.44. The van der Waals surface area contributed by atoms with Gasteiger partial charge in [0.05, 0.1) is 24.9 Å². The number of carbonyl (C=O) groups is 1. The van der Waals surface area contributed by atoms with E-state index in [4.69, 9.17) is 9.47 Å². The molecule has 0 radical (unpaired) electrons. The van der Waals surface area contributed by atoms with E-state index in [0.29, 0.717) is 13.2 Å². The molecule has 0 unspecified atom stereocenters. The molecule has 1 spiro atoms. The minimum atomic E-state index is -0.404. The molecule has 0 aliphatic carbocycles. The molecular weight excluding hydrogens is 366 g/mol. The number of nitrogens with one attached hydrogen (secondary N) is 1. The van der Waals surface area contributed by atoms with E-state index in [0.717, 1.165) is 54.1 Å². The molecule has 2 aliphatic heterocycles. The quantitative estimate of drug-likeness (QED) is 0.810. The SMILES string of the molecule is CCOc1ccc(-c2ccnc([C@H]3CC[C@@]4(CCN(C)C4=O)N3)c2)cc1OCC.